The first-order chi connectivity index (χ1) is 8.11. The molecule has 0 radical (unpaired) electrons. The minimum absolute atomic E-state index is 0.0303. The van der Waals surface area contributed by atoms with E-state index in [0.717, 1.165) is 19.6 Å². The maximum Gasteiger partial charge on any atom is 0.274 e. The van der Waals surface area contributed by atoms with E-state index in [9.17, 15) is 4.79 Å². The summed E-state index contributed by atoms with van der Waals surface area (Å²) < 4.78 is 6.67. The van der Waals surface area contributed by atoms with Crippen LogP contribution < -0.4 is 10.1 Å². The molecule has 94 valence electrons. The Morgan fingerprint density at radius 2 is 2.41 bits per heavy atom. The Bertz CT molecular complexity index is 416. The van der Waals surface area contributed by atoms with Crippen LogP contribution in [0, 0.1) is 0 Å². The van der Waals surface area contributed by atoms with Crippen LogP contribution in [0.25, 0.3) is 0 Å². The molecule has 0 saturated carbocycles. The summed E-state index contributed by atoms with van der Waals surface area (Å²) in [5.41, 5.74) is 0.443. The van der Waals surface area contributed by atoms with E-state index in [1.54, 1.807) is 24.9 Å². The van der Waals surface area contributed by atoms with Crippen LogP contribution in [0.5, 0.6) is 5.88 Å². The van der Waals surface area contributed by atoms with Crippen molar-refractivity contribution >= 4 is 5.91 Å². The number of hydrogen-bond acceptors (Lipinski definition) is 4. The molecule has 1 unspecified atom stereocenters. The summed E-state index contributed by atoms with van der Waals surface area (Å²) >= 11 is 0. The lowest BCUT2D eigenvalue weighted by molar-refractivity contribution is 0.0702. The molecule has 1 N–H and O–H groups in total. The number of ether oxygens (including phenoxy) is 1. The van der Waals surface area contributed by atoms with Gasteiger partial charge in [0.1, 0.15) is 0 Å². The fourth-order valence-electron chi connectivity index (χ4n) is 2.02. The topological polar surface area (TPSA) is 59.4 Å². The van der Waals surface area contributed by atoms with Crippen LogP contribution in [0.4, 0.5) is 0 Å². The molecule has 2 heterocycles. The van der Waals surface area contributed by atoms with Crippen LogP contribution in [-0.4, -0.2) is 53.4 Å². The van der Waals surface area contributed by atoms with Gasteiger partial charge in [0.25, 0.3) is 5.91 Å². The molecule has 2 rings (SSSR count). The molecule has 17 heavy (non-hydrogen) atoms. The summed E-state index contributed by atoms with van der Waals surface area (Å²) in [7, 11) is 3.33. The maximum atomic E-state index is 12.2. The SMILES string of the molecule is COc1cc(C(=O)N2CCNC(C)C2)nn1C. The molecule has 0 aromatic carbocycles. The van der Waals surface area contributed by atoms with E-state index in [0.29, 0.717) is 17.6 Å². The maximum absolute atomic E-state index is 12.2. The molecule has 1 atom stereocenters. The van der Waals surface area contributed by atoms with Gasteiger partial charge < -0.3 is 15.0 Å². The number of rotatable bonds is 2. The van der Waals surface area contributed by atoms with Gasteiger partial charge in [-0.3, -0.25) is 4.79 Å². The summed E-state index contributed by atoms with van der Waals surface area (Å²) in [6.07, 6.45) is 0. The van der Waals surface area contributed by atoms with Gasteiger partial charge in [0, 0.05) is 38.8 Å². The molecule has 6 heteroatoms. The first-order valence-electron chi connectivity index (χ1n) is 5.72. The van der Waals surface area contributed by atoms with E-state index >= 15 is 0 Å². The largest absolute Gasteiger partial charge is 0.481 e. The number of carbonyl (C=O) groups excluding carboxylic acids is 1. The number of nitrogens with zero attached hydrogens (tertiary/aromatic N) is 3. The third-order valence-electron chi connectivity index (χ3n) is 2.92. The number of nitrogens with one attached hydrogen (secondary N) is 1. The van der Waals surface area contributed by atoms with Gasteiger partial charge in [-0.05, 0) is 6.92 Å². The van der Waals surface area contributed by atoms with Gasteiger partial charge in [0.15, 0.2) is 5.69 Å². The Hall–Kier alpha value is -1.56. The number of methoxy groups -OCH3 is 1. The Kier molecular flexibility index (Phi) is 3.33. The average molecular weight is 238 g/mol. The van der Waals surface area contributed by atoms with E-state index in [-0.39, 0.29) is 5.91 Å². The molecule has 1 saturated heterocycles. The molecule has 1 fully saturated rings. The Labute approximate surface area is 101 Å². The summed E-state index contributed by atoms with van der Waals surface area (Å²) in [6, 6.07) is 2.01. The second-order valence-electron chi connectivity index (χ2n) is 4.30. The lowest BCUT2D eigenvalue weighted by atomic mass is 10.2. The van der Waals surface area contributed by atoms with Gasteiger partial charge in [-0.1, -0.05) is 0 Å². The fourth-order valence-corrected chi connectivity index (χ4v) is 2.02. The average Bonchev–Trinajstić information content (AvgIpc) is 2.69. The van der Waals surface area contributed by atoms with Gasteiger partial charge >= 0.3 is 0 Å². The van der Waals surface area contributed by atoms with Crippen molar-refractivity contribution < 1.29 is 9.53 Å². The zero-order valence-corrected chi connectivity index (χ0v) is 10.4. The zero-order chi connectivity index (χ0) is 12.4. The Morgan fingerprint density at radius 3 is 3.00 bits per heavy atom. The third-order valence-corrected chi connectivity index (χ3v) is 2.92. The number of amides is 1. The normalized spacial score (nSPS) is 20.4. The number of hydrogen-bond donors (Lipinski definition) is 1. The van der Waals surface area contributed by atoms with Crippen LogP contribution in [0.2, 0.25) is 0 Å². The second kappa shape index (κ2) is 4.75. The smallest absolute Gasteiger partial charge is 0.274 e. The first kappa shape index (κ1) is 11.9. The minimum Gasteiger partial charge on any atom is -0.481 e. The molecular weight excluding hydrogens is 220 g/mol. The first-order valence-corrected chi connectivity index (χ1v) is 5.72. The summed E-state index contributed by atoms with van der Waals surface area (Å²) in [5, 5.41) is 7.46. The molecule has 1 amide bonds. The molecule has 1 aliphatic rings. The van der Waals surface area contributed by atoms with Crippen molar-refractivity contribution in [2.45, 2.75) is 13.0 Å². The predicted molar refractivity (Wildman–Crippen MR) is 63.1 cm³/mol. The van der Waals surface area contributed by atoms with Gasteiger partial charge in [0.05, 0.1) is 7.11 Å². The van der Waals surface area contributed by atoms with Crippen LogP contribution in [0.3, 0.4) is 0 Å². The summed E-state index contributed by atoms with van der Waals surface area (Å²) in [6.45, 7) is 4.34. The molecule has 0 spiro atoms. The number of piperazine rings is 1. The van der Waals surface area contributed by atoms with Crippen molar-refractivity contribution in [1.82, 2.24) is 20.0 Å². The van der Waals surface area contributed by atoms with E-state index in [4.69, 9.17) is 4.74 Å². The van der Waals surface area contributed by atoms with Gasteiger partial charge in [-0.25, -0.2) is 4.68 Å². The summed E-state index contributed by atoms with van der Waals surface area (Å²) in [5.74, 6) is 0.564. The monoisotopic (exact) mass is 238 g/mol. The van der Waals surface area contributed by atoms with Crippen LogP contribution in [0.15, 0.2) is 6.07 Å². The lowest BCUT2D eigenvalue weighted by Gasteiger charge is -2.31. The molecule has 1 aromatic heterocycles. The van der Waals surface area contributed by atoms with Crippen molar-refractivity contribution in [1.29, 1.82) is 0 Å². The minimum atomic E-state index is -0.0303. The van der Waals surface area contributed by atoms with Gasteiger partial charge in [0.2, 0.25) is 5.88 Å². The third kappa shape index (κ3) is 2.41. The van der Waals surface area contributed by atoms with Gasteiger partial charge in [-0.15, -0.1) is 0 Å². The molecule has 6 nitrogen and oxygen atoms in total. The molecule has 0 aliphatic carbocycles. The summed E-state index contributed by atoms with van der Waals surface area (Å²) in [4.78, 5) is 14.0. The highest BCUT2D eigenvalue weighted by Crippen LogP contribution is 2.13. The van der Waals surface area contributed by atoms with Crippen molar-refractivity contribution in [3.63, 3.8) is 0 Å². The number of carbonyl (C=O) groups is 1. The van der Waals surface area contributed by atoms with E-state index in [1.807, 2.05) is 4.90 Å². The fraction of sp³-hybridized carbons (Fsp3) is 0.636. The zero-order valence-electron chi connectivity index (χ0n) is 10.4. The predicted octanol–water partition coefficient (Wildman–Crippen LogP) is -0.137. The molecule has 0 bridgehead atoms. The lowest BCUT2D eigenvalue weighted by Crippen LogP contribution is -2.51. The standard InChI is InChI=1S/C11H18N4O2/c1-8-7-15(5-4-12-8)11(16)9-6-10(17-3)14(2)13-9/h6,8,12H,4-5,7H2,1-3H3. The highest BCUT2D eigenvalue weighted by molar-refractivity contribution is 5.92. The molecule has 1 aromatic rings. The number of aromatic nitrogens is 2. The van der Waals surface area contributed by atoms with Crippen molar-refractivity contribution in [3.8, 4) is 5.88 Å². The highest BCUT2D eigenvalue weighted by atomic mass is 16.5. The van der Waals surface area contributed by atoms with Crippen molar-refractivity contribution in [3.05, 3.63) is 11.8 Å². The van der Waals surface area contributed by atoms with E-state index in [1.165, 1.54) is 0 Å². The van der Waals surface area contributed by atoms with E-state index < -0.39 is 0 Å². The Balaban J connectivity index is 2.13. The van der Waals surface area contributed by atoms with E-state index in [2.05, 4.69) is 17.3 Å². The quantitative estimate of drug-likeness (QED) is 0.779. The van der Waals surface area contributed by atoms with Crippen molar-refractivity contribution in [2.75, 3.05) is 26.7 Å². The molecular formula is C11H18N4O2. The highest BCUT2D eigenvalue weighted by Gasteiger charge is 2.24. The van der Waals surface area contributed by atoms with Gasteiger partial charge in [-0.2, -0.15) is 5.10 Å². The Morgan fingerprint density at radius 1 is 1.65 bits per heavy atom. The molecule has 1 aliphatic heterocycles. The van der Waals surface area contributed by atoms with Crippen LogP contribution >= 0.6 is 0 Å². The van der Waals surface area contributed by atoms with Crippen LogP contribution in [-0.2, 0) is 7.05 Å². The van der Waals surface area contributed by atoms with Crippen molar-refractivity contribution in [2.24, 2.45) is 7.05 Å². The second-order valence-corrected chi connectivity index (χ2v) is 4.30. The number of aryl methyl sites for hydroxylation is 1. The van der Waals surface area contributed by atoms with Crippen LogP contribution in [0.1, 0.15) is 17.4 Å².